The molecule has 7 nitrogen and oxygen atoms in total. The predicted molar refractivity (Wildman–Crippen MR) is 99.5 cm³/mol. The quantitative estimate of drug-likeness (QED) is 0.637. The summed E-state index contributed by atoms with van der Waals surface area (Å²) in [4.78, 5) is 26.8. The van der Waals surface area contributed by atoms with E-state index in [0.717, 1.165) is 5.69 Å². The average molecular weight is 375 g/mol. The molecule has 2 aromatic heterocycles. The highest BCUT2D eigenvalue weighted by Gasteiger charge is 2.20. The van der Waals surface area contributed by atoms with Gasteiger partial charge in [0, 0.05) is 11.7 Å². The zero-order chi connectivity index (χ0) is 18.0. The average Bonchev–Trinajstić information content (AvgIpc) is 3.01. The predicted octanol–water partition coefficient (Wildman–Crippen LogP) is 2.39. The highest BCUT2D eigenvalue weighted by molar-refractivity contribution is 8.01. The van der Waals surface area contributed by atoms with Crippen LogP contribution in [0, 0.1) is 6.92 Å². The van der Waals surface area contributed by atoms with Gasteiger partial charge in [0.25, 0.3) is 5.56 Å². The molecule has 0 N–H and O–H groups in total. The largest absolute Gasteiger partial charge is 0.309 e. The molecular weight excluding hydrogens is 358 g/mol. The van der Waals surface area contributed by atoms with Crippen LogP contribution in [0.1, 0.15) is 19.5 Å². The monoisotopic (exact) mass is 375 g/mol. The number of carbonyl (C=O) groups is 1. The van der Waals surface area contributed by atoms with Crippen LogP contribution < -0.4 is 10.5 Å². The molecule has 2 heterocycles. The smallest absolute Gasteiger partial charge is 0.296 e. The second-order valence-corrected chi connectivity index (χ2v) is 7.81. The molecule has 0 fully saturated rings. The van der Waals surface area contributed by atoms with E-state index in [0.29, 0.717) is 15.0 Å². The molecule has 0 saturated heterocycles. The summed E-state index contributed by atoms with van der Waals surface area (Å²) in [7, 11) is 0. The van der Waals surface area contributed by atoms with Gasteiger partial charge in [0.05, 0.1) is 5.75 Å². The lowest BCUT2D eigenvalue weighted by Crippen LogP contribution is -2.38. The third-order valence-electron chi connectivity index (χ3n) is 3.47. The molecule has 3 aromatic rings. The molecule has 130 valence electrons. The Kier molecular flexibility index (Phi) is 5.14. The molecule has 25 heavy (non-hydrogen) atoms. The van der Waals surface area contributed by atoms with Gasteiger partial charge in [-0.2, -0.15) is 4.52 Å². The molecule has 0 radical (unpaired) electrons. The van der Waals surface area contributed by atoms with Gasteiger partial charge in [0.2, 0.25) is 10.9 Å². The van der Waals surface area contributed by atoms with Crippen molar-refractivity contribution in [2.24, 2.45) is 0 Å². The molecule has 0 spiro atoms. The Morgan fingerprint density at radius 3 is 2.68 bits per heavy atom. The van der Waals surface area contributed by atoms with Crippen molar-refractivity contribution in [3.8, 4) is 0 Å². The SMILES string of the molecule is Cc1nnc2sc(SCC(=O)N(c3ccccc3)C(C)C)nn2c1=O. The van der Waals surface area contributed by atoms with Crippen molar-refractivity contribution in [2.75, 3.05) is 10.7 Å². The minimum absolute atomic E-state index is 0.0138. The summed E-state index contributed by atoms with van der Waals surface area (Å²) in [6, 6.07) is 9.61. The summed E-state index contributed by atoms with van der Waals surface area (Å²) < 4.78 is 1.85. The van der Waals surface area contributed by atoms with Crippen molar-refractivity contribution in [2.45, 2.75) is 31.2 Å². The maximum absolute atomic E-state index is 12.7. The number of thioether (sulfide) groups is 1. The summed E-state index contributed by atoms with van der Waals surface area (Å²) >= 11 is 2.55. The lowest BCUT2D eigenvalue weighted by atomic mass is 10.2. The van der Waals surface area contributed by atoms with Crippen LogP contribution >= 0.6 is 23.1 Å². The Balaban J connectivity index is 1.77. The molecule has 0 saturated carbocycles. The Labute approximate surface area is 152 Å². The minimum atomic E-state index is -0.285. The van der Waals surface area contributed by atoms with E-state index in [1.165, 1.54) is 27.6 Å². The van der Waals surface area contributed by atoms with Crippen LogP contribution in [0.5, 0.6) is 0 Å². The lowest BCUT2D eigenvalue weighted by molar-refractivity contribution is -0.116. The third kappa shape index (κ3) is 3.72. The molecule has 1 aromatic carbocycles. The van der Waals surface area contributed by atoms with Gasteiger partial charge in [-0.3, -0.25) is 9.59 Å². The van der Waals surface area contributed by atoms with Crippen LogP contribution in [-0.4, -0.2) is 37.5 Å². The minimum Gasteiger partial charge on any atom is -0.309 e. The van der Waals surface area contributed by atoms with Crippen LogP contribution in [0.25, 0.3) is 4.96 Å². The highest BCUT2D eigenvalue weighted by Crippen LogP contribution is 2.25. The Morgan fingerprint density at radius 2 is 2.00 bits per heavy atom. The maximum Gasteiger partial charge on any atom is 0.296 e. The number of aromatic nitrogens is 4. The normalized spacial score (nSPS) is 11.2. The summed E-state index contributed by atoms with van der Waals surface area (Å²) in [5, 5.41) is 12.0. The Morgan fingerprint density at radius 1 is 1.28 bits per heavy atom. The second-order valence-electron chi connectivity index (χ2n) is 5.63. The zero-order valence-electron chi connectivity index (χ0n) is 14.0. The first-order valence-corrected chi connectivity index (χ1v) is 9.50. The molecule has 0 aliphatic rings. The van der Waals surface area contributed by atoms with E-state index in [1.807, 2.05) is 44.2 Å². The number of para-hydroxylation sites is 1. The van der Waals surface area contributed by atoms with Gasteiger partial charge in [-0.15, -0.1) is 15.3 Å². The van der Waals surface area contributed by atoms with Gasteiger partial charge < -0.3 is 4.90 Å². The van der Waals surface area contributed by atoms with Crippen molar-refractivity contribution in [3.63, 3.8) is 0 Å². The van der Waals surface area contributed by atoms with E-state index in [2.05, 4.69) is 15.3 Å². The van der Waals surface area contributed by atoms with E-state index >= 15 is 0 Å². The van der Waals surface area contributed by atoms with Gasteiger partial charge in [0.15, 0.2) is 4.34 Å². The number of benzene rings is 1. The Bertz CT molecular complexity index is 952. The van der Waals surface area contributed by atoms with Gasteiger partial charge in [-0.25, -0.2) is 0 Å². The van der Waals surface area contributed by atoms with Crippen LogP contribution in [-0.2, 0) is 4.79 Å². The molecule has 1 amide bonds. The first-order chi connectivity index (χ1) is 12.0. The first-order valence-electron chi connectivity index (χ1n) is 7.70. The maximum atomic E-state index is 12.7. The number of rotatable bonds is 5. The number of hydrogen-bond acceptors (Lipinski definition) is 7. The van der Waals surface area contributed by atoms with E-state index in [9.17, 15) is 9.59 Å². The molecule has 0 aliphatic heterocycles. The summed E-state index contributed by atoms with van der Waals surface area (Å²) in [5.41, 5.74) is 0.878. The summed E-state index contributed by atoms with van der Waals surface area (Å²) in [6.07, 6.45) is 0. The van der Waals surface area contributed by atoms with Gasteiger partial charge in [-0.05, 0) is 32.9 Å². The topological polar surface area (TPSA) is 80.5 Å². The van der Waals surface area contributed by atoms with Crippen LogP contribution in [0.15, 0.2) is 39.5 Å². The second kappa shape index (κ2) is 7.32. The number of fused-ring (bicyclic) bond motifs is 1. The molecule has 0 unspecified atom stereocenters. The molecular formula is C16H17N5O2S2. The van der Waals surface area contributed by atoms with Crippen LogP contribution in [0.3, 0.4) is 0 Å². The summed E-state index contributed by atoms with van der Waals surface area (Å²) in [5.74, 6) is 0.216. The third-order valence-corrected chi connectivity index (χ3v) is 5.48. The number of anilines is 1. The van der Waals surface area contributed by atoms with E-state index < -0.39 is 0 Å². The highest BCUT2D eigenvalue weighted by atomic mass is 32.2. The van der Waals surface area contributed by atoms with Crippen LogP contribution in [0.2, 0.25) is 0 Å². The standard InChI is InChI=1S/C16H17N5O2S2/c1-10(2)20(12-7-5-4-6-8-12)13(22)9-24-16-19-21-14(23)11(3)17-18-15(21)25-16/h4-8,10H,9H2,1-3H3. The van der Waals surface area contributed by atoms with E-state index in [-0.39, 0.29) is 23.3 Å². The van der Waals surface area contributed by atoms with E-state index in [1.54, 1.807) is 11.8 Å². The van der Waals surface area contributed by atoms with Crippen molar-refractivity contribution in [3.05, 3.63) is 46.4 Å². The van der Waals surface area contributed by atoms with Gasteiger partial charge in [0.1, 0.15) is 5.69 Å². The molecule has 0 atom stereocenters. The van der Waals surface area contributed by atoms with Crippen molar-refractivity contribution in [1.82, 2.24) is 19.8 Å². The number of carbonyl (C=O) groups excluding carboxylic acids is 1. The molecule has 0 aliphatic carbocycles. The summed E-state index contributed by atoms with van der Waals surface area (Å²) in [6.45, 7) is 5.55. The molecule has 9 heteroatoms. The van der Waals surface area contributed by atoms with Crippen LogP contribution in [0.4, 0.5) is 5.69 Å². The fraction of sp³-hybridized carbons (Fsp3) is 0.312. The molecule has 3 rings (SSSR count). The van der Waals surface area contributed by atoms with Crippen molar-refractivity contribution < 1.29 is 4.79 Å². The zero-order valence-corrected chi connectivity index (χ0v) is 15.7. The van der Waals surface area contributed by atoms with Crippen molar-refractivity contribution in [1.29, 1.82) is 0 Å². The van der Waals surface area contributed by atoms with Crippen molar-refractivity contribution >= 4 is 39.7 Å². The number of amides is 1. The molecule has 0 bridgehead atoms. The Hall–Kier alpha value is -2.26. The van der Waals surface area contributed by atoms with E-state index in [4.69, 9.17) is 0 Å². The lowest BCUT2D eigenvalue weighted by Gasteiger charge is -2.26. The fourth-order valence-corrected chi connectivity index (χ4v) is 4.08. The van der Waals surface area contributed by atoms with Gasteiger partial charge in [-0.1, -0.05) is 41.3 Å². The number of hydrogen-bond donors (Lipinski definition) is 0. The number of nitrogens with zero attached hydrogens (tertiary/aromatic N) is 5. The number of aryl methyl sites for hydroxylation is 1. The fourth-order valence-electron chi connectivity index (χ4n) is 2.35. The first kappa shape index (κ1) is 17.6. The van der Waals surface area contributed by atoms with Gasteiger partial charge >= 0.3 is 0 Å².